The van der Waals surface area contributed by atoms with Gasteiger partial charge in [-0.25, -0.2) is 4.79 Å². The number of hydrogen-bond acceptors (Lipinski definition) is 7. The van der Waals surface area contributed by atoms with Crippen LogP contribution in [0.1, 0.15) is 22.3 Å². The Morgan fingerprint density at radius 2 is 1.56 bits per heavy atom. The highest BCUT2D eigenvalue weighted by molar-refractivity contribution is 5.95. The summed E-state index contributed by atoms with van der Waals surface area (Å²) in [5, 5.41) is 19.9. The second-order valence-electron chi connectivity index (χ2n) is 9.33. The van der Waals surface area contributed by atoms with Crippen LogP contribution >= 0.6 is 0 Å². The molecule has 0 amide bonds. The number of ether oxygens (including phenoxy) is 5. The third-order valence-electron chi connectivity index (χ3n) is 6.87. The molecule has 0 spiro atoms. The number of benzene rings is 4. The van der Waals surface area contributed by atoms with E-state index in [0.717, 1.165) is 22.3 Å². The molecule has 0 saturated heterocycles. The van der Waals surface area contributed by atoms with Gasteiger partial charge in [0, 0.05) is 35.3 Å². The van der Waals surface area contributed by atoms with Crippen molar-refractivity contribution in [1.29, 1.82) is 0 Å². The fraction of sp³-hybridized carbons (Fsp3) is 0.182. The van der Waals surface area contributed by atoms with Crippen molar-refractivity contribution in [3.8, 4) is 39.9 Å². The maximum absolute atomic E-state index is 12.4. The second-order valence-corrected chi connectivity index (χ2v) is 9.33. The van der Waals surface area contributed by atoms with Gasteiger partial charge in [-0.2, -0.15) is 0 Å². The van der Waals surface area contributed by atoms with Gasteiger partial charge in [0.15, 0.2) is 11.5 Å². The average Bonchev–Trinajstić information content (AvgIpc) is 3.47. The van der Waals surface area contributed by atoms with Crippen LogP contribution in [0.3, 0.4) is 0 Å². The fourth-order valence-corrected chi connectivity index (χ4v) is 4.72. The van der Waals surface area contributed by atoms with Gasteiger partial charge in [0.2, 0.25) is 6.79 Å². The van der Waals surface area contributed by atoms with Crippen LogP contribution in [0.2, 0.25) is 0 Å². The molecule has 1 heterocycles. The summed E-state index contributed by atoms with van der Waals surface area (Å²) >= 11 is 0. The van der Waals surface area contributed by atoms with Gasteiger partial charge in [-0.1, -0.05) is 48.5 Å². The molecule has 0 saturated carbocycles. The van der Waals surface area contributed by atoms with E-state index in [1.165, 1.54) is 7.11 Å². The highest BCUT2D eigenvalue weighted by Crippen LogP contribution is 2.40. The minimum atomic E-state index is -1.05. The van der Waals surface area contributed by atoms with E-state index in [2.05, 4.69) is 0 Å². The Hall–Kier alpha value is -4.95. The predicted molar refractivity (Wildman–Crippen MR) is 154 cm³/mol. The number of aliphatic hydroxyl groups excluding tert-OH is 1. The molecule has 0 fully saturated rings. The van der Waals surface area contributed by atoms with Crippen molar-refractivity contribution in [2.45, 2.75) is 19.6 Å². The van der Waals surface area contributed by atoms with Gasteiger partial charge in [0.1, 0.15) is 23.9 Å². The molecule has 0 aliphatic carbocycles. The lowest BCUT2D eigenvalue weighted by atomic mass is 9.95. The lowest BCUT2D eigenvalue weighted by Gasteiger charge is -2.16. The van der Waals surface area contributed by atoms with Crippen molar-refractivity contribution in [1.82, 2.24) is 0 Å². The van der Waals surface area contributed by atoms with E-state index >= 15 is 0 Å². The van der Waals surface area contributed by atoms with Gasteiger partial charge in [0.25, 0.3) is 0 Å². The molecule has 41 heavy (non-hydrogen) atoms. The summed E-state index contributed by atoms with van der Waals surface area (Å²) in [5.41, 5.74) is 4.74. The molecule has 1 aliphatic rings. The largest absolute Gasteiger partial charge is 0.497 e. The molecule has 0 atom stereocenters. The SMILES string of the molecule is COc1ccc(-c2ccccc2C=C(Cc2cc3c(cc2OC)OCO3)C(=O)O)c(OCc2ccccc2CO)c1. The first kappa shape index (κ1) is 27.6. The Bertz CT molecular complexity index is 1590. The topological polar surface area (TPSA) is 104 Å². The fourth-order valence-electron chi connectivity index (χ4n) is 4.72. The minimum Gasteiger partial charge on any atom is -0.497 e. The molecule has 210 valence electrons. The Balaban J connectivity index is 1.52. The van der Waals surface area contributed by atoms with Gasteiger partial charge >= 0.3 is 5.97 Å². The van der Waals surface area contributed by atoms with Crippen molar-refractivity contribution in [3.63, 3.8) is 0 Å². The van der Waals surface area contributed by atoms with Gasteiger partial charge in [-0.3, -0.25) is 0 Å². The van der Waals surface area contributed by atoms with Crippen LogP contribution in [-0.2, 0) is 24.4 Å². The molecule has 8 heteroatoms. The van der Waals surface area contributed by atoms with Crippen LogP contribution < -0.4 is 23.7 Å². The van der Waals surface area contributed by atoms with E-state index in [1.54, 1.807) is 31.4 Å². The monoisotopic (exact) mass is 554 g/mol. The van der Waals surface area contributed by atoms with Crippen LogP contribution in [-0.4, -0.2) is 37.2 Å². The van der Waals surface area contributed by atoms with Crippen LogP contribution in [0, 0.1) is 0 Å². The van der Waals surface area contributed by atoms with Crippen molar-refractivity contribution in [2.75, 3.05) is 21.0 Å². The molecule has 5 rings (SSSR count). The van der Waals surface area contributed by atoms with Crippen molar-refractivity contribution < 1.29 is 38.7 Å². The summed E-state index contributed by atoms with van der Waals surface area (Å²) in [5.74, 6) is 1.76. The standard InChI is InChI=1S/C33H30O8/c1-37-26-11-12-28(30(16-26)39-19-23-9-4-3-8-22(23)18-34)27-10-6-5-7-21(27)13-25(33(35)36)14-24-15-31-32(41-20-40-31)17-29(24)38-2/h3-13,15-17,34H,14,18-20H2,1-2H3,(H,35,36). The number of carbonyl (C=O) groups is 1. The smallest absolute Gasteiger partial charge is 0.331 e. The van der Waals surface area contributed by atoms with Gasteiger partial charge < -0.3 is 33.9 Å². The first-order chi connectivity index (χ1) is 20.0. The van der Waals surface area contributed by atoms with E-state index < -0.39 is 5.97 Å². The van der Waals surface area contributed by atoms with E-state index in [4.69, 9.17) is 23.7 Å². The van der Waals surface area contributed by atoms with Crippen LogP contribution in [0.5, 0.6) is 28.7 Å². The molecule has 0 bridgehead atoms. The molecule has 2 N–H and O–H groups in total. The zero-order valence-electron chi connectivity index (χ0n) is 22.8. The first-order valence-corrected chi connectivity index (χ1v) is 13.0. The van der Waals surface area contributed by atoms with Crippen LogP contribution in [0.15, 0.2) is 84.4 Å². The number of rotatable bonds is 11. The van der Waals surface area contributed by atoms with Crippen molar-refractivity contribution >= 4 is 12.0 Å². The van der Waals surface area contributed by atoms with Crippen LogP contribution in [0.25, 0.3) is 17.2 Å². The molecule has 0 aromatic heterocycles. The van der Waals surface area contributed by atoms with E-state index in [-0.39, 0.29) is 32.0 Å². The maximum Gasteiger partial charge on any atom is 0.331 e. The molecule has 4 aromatic carbocycles. The van der Waals surface area contributed by atoms with E-state index in [9.17, 15) is 15.0 Å². The third kappa shape index (κ3) is 6.13. The van der Waals surface area contributed by atoms with Crippen molar-refractivity contribution in [3.05, 3.63) is 107 Å². The summed E-state index contributed by atoms with van der Waals surface area (Å²) in [6, 6.07) is 24.0. The number of aliphatic carboxylic acids is 1. The number of aliphatic hydroxyl groups is 1. The minimum absolute atomic E-state index is 0.0930. The number of fused-ring (bicyclic) bond motifs is 1. The van der Waals surface area contributed by atoms with Crippen molar-refractivity contribution in [2.24, 2.45) is 0 Å². The Morgan fingerprint density at radius 3 is 2.29 bits per heavy atom. The first-order valence-electron chi connectivity index (χ1n) is 13.0. The zero-order valence-corrected chi connectivity index (χ0v) is 22.8. The molecule has 0 radical (unpaired) electrons. The number of carboxylic acids is 1. The van der Waals surface area contributed by atoms with Crippen LogP contribution in [0.4, 0.5) is 0 Å². The average molecular weight is 555 g/mol. The molecule has 1 aliphatic heterocycles. The molecule has 0 unspecified atom stereocenters. The van der Waals surface area contributed by atoms with E-state index in [1.807, 2.05) is 60.7 Å². The Morgan fingerprint density at radius 1 is 0.829 bits per heavy atom. The zero-order chi connectivity index (χ0) is 28.8. The second kappa shape index (κ2) is 12.5. The van der Waals surface area contributed by atoms with Gasteiger partial charge in [-0.15, -0.1) is 0 Å². The third-order valence-corrected chi connectivity index (χ3v) is 6.87. The van der Waals surface area contributed by atoms with Gasteiger partial charge in [0.05, 0.1) is 20.8 Å². The highest BCUT2D eigenvalue weighted by Gasteiger charge is 2.21. The molecule has 8 nitrogen and oxygen atoms in total. The Kier molecular flexibility index (Phi) is 8.41. The molecular weight excluding hydrogens is 524 g/mol. The number of hydrogen-bond donors (Lipinski definition) is 2. The lowest BCUT2D eigenvalue weighted by molar-refractivity contribution is -0.132. The lowest BCUT2D eigenvalue weighted by Crippen LogP contribution is -2.05. The van der Waals surface area contributed by atoms with E-state index in [0.29, 0.717) is 39.9 Å². The normalized spacial score (nSPS) is 12.2. The summed E-state index contributed by atoms with van der Waals surface area (Å²) in [7, 11) is 3.12. The number of carboxylic acid groups (broad SMARTS) is 1. The maximum atomic E-state index is 12.4. The molecule has 4 aromatic rings. The predicted octanol–water partition coefficient (Wildman–Crippen LogP) is 5.88. The summed E-state index contributed by atoms with van der Waals surface area (Å²) in [4.78, 5) is 12.4. The quantitative estimate of drug-likeness (QED) is 0.222. The summed E-state index contributed by atoms with van der Waals surface area (Å²) in [6.07, 6.45) is 1.77. The Labute approximate surface area is 238 Å². The summed E-state index contributed by atoms with van der Waals surface area (Å²) < 4.78 is 28.2. The highest BCUT2D eigenvalue weighted by atomic mass is 16.7. The molecular formula is C33H30O8. The van der Waals surface area contributed by atoms with Gasteiger partial charge in [-0.05, 0) is 46.5 Å². The number of methoxy groups -OCH3 is 2. The summed E-state index contributed by atoms with van der Waals surface area (Å²) in [6.45, 7) is 0.248.